The summed E-state index contributed by atoms with van der Waals surface area (Å²) in [5.41, 5.74) is -0.555. The molecule has 1 saturated heterocycles. The quantitative estimate of drug-likeness (QED) is 0.742. The summed E-state index contributed by atoms with van der Waals surface area (Å²) in [6, 6.07) is 6.19. The van der Waals surface area contributed by atoms with Gasteiger partial charge < -0.3 is 19.7 Å². The van der Waals surface area contributed by atoms with Crippen molar-refractivity contribution in [3.8, 4) is 17.4 Å². The molecule has 1 aromatic carbocycles. The zero-order valence-corrected chi connectivity index (χ0v) is 16.6. The van der Waals surface area contributed by atoms with Gasteiger partial charge in [-0.2, -0.15) is 13.2 Å². The largest absolute Gasteiger partial charge is 0.495 e. The molecular weight excluding hydrogens is 415 g/mol. The van der Waals surface area contributed by atoms with Crippen molar-refractivity contribution in [2.24, 2.45) is 0 Å². The summed E-state index contributed by atoms with van der Waals surface area (Å²) in [7, 11) is 1.44. The molecule has 31 heavy (non-hydrogen) atoms. The summed E-state index contributed by atoms with van der Waals surface area (Å²) >= 11 is 0. The number of amides is 2. The zero-order chi connectivity index (χ0) is 22.2. The summed E-state index contributed by atoms with van der Waals surface area (Å²) in [4.78, 5) is 30.3. The third kappa shape index (κ3) is 4.57. The smallest absolute Gasteiger partial charge is 0.417 e. The third-order valence-electron chi connectivity index (χ3n) is 5.21. The first-order valence-electron chi connectivity index (χ1n) is 9.77. The number of nitrogens with one attached hydrogen (secondary N) is 1. The fourth-order valence-corrected chi connectivity index (χ4v) is 3.56. The van der Waals surface area contributed by atoms with Gasteiger partial charge in [-0.3, -0.25) is 9.59 Å². The normalized spacial score (nSPS) is 18.8. The van der Waals surface area contributed by atoms with Crippen molar-refractivity contribution in [1.29, 1.82) is 0 Å². The Morgan fingerprint density at radius 2 is 1.97 bits per heavy atom. The second kappa shape index (κ2) is 8.09. The monoisotopic (exact) mass is 435 g/mol. The predicted octanol–water partition coefficient (Wildman–Crippen LogP) is 3.99. The number of rotatable bonds is 6. The van der Waals surface area contributed by atoms with E-state index in [4.69, 9.17) is 9.47 Å². The number of alkyl halides is 3. The van der Waals surface area contributed by atoms with Crippen LogP contribution < -0.4 is 14.8 Å². The predicted molar refractivity (Wildman–Crippen MR) is 104 cm³/mol. The van der Waals surface area contributed by atoms with Crippen LogP contribution in [0, 0.1) is 0 Å². The van der Waals surface area contributed by atoms with Gasteiger partial charge in [0, 0.05) is 30.8 Å². The number of carbonyl (C=O) groups excluding carboxylic acids is 2. The second-order valence-corrected chi connectivity index (χ2v) is 7.42. The Kier molecular flexibility index (Phi) is 5.47. The molecule has 1 saturated carbocycles. The summed E-state index contributed by atoms with van der Waals surface area (Å²) in [6.07, 6.45) is -1.20. The van der Waals surface area contributed by atoms with Gasteiger partial charge in [0.05, 0.1) is 18.4 Å². The van der Waals surface area contributed by atoms with Crippen LogP contribution in [0.5, 0.6) is 17.4 Å². The maximum absolute atomic E-state index is 12.9. The van der Waals surface area contributed by atoms with Crippen LogP contribution in [0.25, 0.3) is 0 Å². The lowest BCUT2D eigenvalue weighted by Gasteiger charge is -2.24. The maximum Gasteiger partial charge on any atom is 0.417 e. The van der Waals surface area contributed by atoms with Crippen LogP contribution >= 0.6 is 0 Å². The molecule has 1 aliphatic heterocycles. The Bertz CT molecular complexity index is 990. The summed E-state index contributed by atoms with van der Waals surface area (Å²) in [5, 5.41) is 2.78. The molecule has 10 heteroatoms. The molecule has 2 aromatic rings. The highest BCUT2D eigenvalue weighted by molar-refractivity contribution is 6.00. The van der Waals surface area contributed by atoms with Gasteiger partial charge in [-0.15, -0.1) is 0 Å². The highest BCUT2D eigenvalue weighted by Gasteiger charge is 2.44. The first kappa shape index (κ1) is 21.0. The van der Waals surface area contributed by atoms with E-state index in [1.54, 1.807) is 17.0 Å². The number of ether oxygens (including phenoxy) is 2. The van der Waals surface area contributed by atoms with Crippen molar-refractivity contribution >= 4 is 17.5 Å². The minimum atomic E-state index is -4.49. The maximum atomic E-state index is 12.9. The molecule has 2 heterocycles. The number of pyridine rings is 1. The average Bonchev–Trinajstić information content (AvgIpc) is 3.49. The summed E-state index contributed by atoms with van der Waals surface area (Å²) in [5.74, 6) is 0.269. The molecule has 0 radical (unpaired) electrons. The van der Waals surface area contributed by atoms with Crippen molar-refractivity contribution in [2.45, 2.75) is 43.9 Å². The lowest BCUT2D eigenvalue weighted by molar-refractivity contribution is -0.137. The number of hydrogen-bond acceptors (Lipinski definition) is 5. The number of benzene rings is 1. The Labute approximate surface area is 176 Å². The first-order valence-corrected chi connectivity index (χ1v) is 9.77. The van der Waals surface area contributed by atoms with Gasteiger partial charge in [-0.05, 0) is 37.5 Å². The fraction of sp³-hybridized carbons (Fsp3) is 0.381. The number of nitrogens with zero attached hydrogens (tertiary/aromatic N) is 2. The number of methoxy groups -OCH3 is 1. The summed E-state index contributed by atoms with van der Waals surface area (Å²) in [6.45, 7) is 0. The molecule has 1 atom stereocenters. The topological polar surface area (TPSA) is 80.8 Å². The molecule has 1 aromatic heterocycles. The molecule has 2 amide bonds. The Morgan fingerprint density at radius 3 is 2.58 bits per heavy atom. The number of aromatic nitrogens is 1. The molecule has 1 aliphatic carbocycles. The van der Waals surface area contributed by atoms with Crippen LogP contribution in [0.15, 0.2) is 36.5 Å². The molecule has 2 aliphatic rings. The molecule has 0 unspecified atom stereocenters. The second-order valence-electron chi connectivity index (χ2n) is 7.42. The van der Waals surface area contributed by atoms with E-state index < -0.39 is 17.8 Å². The van der Waals surface area contributed by atoms with Crippen LogP contribution in [0.4, 0.5) is 18.9 Å². The SMILES string of the molecule is COc1ccc(Oc2ccc(C(F)(F)F)cn2)cc1NC(=O)[C@@H]1CCC(=O)N1C1CC1. The minimum Gasteiger partial charge on any atom is -0.495 e. The van der Waals surface area contributed by atoms with E-state index >= 15 is 0 Å². The van der Waals surface area contributed by atoms with Crippen LogP contribution in [-0.2, 0) is 15.8 Å². The van der Waals surface area contributed by atoms with Crippen LogP contribution in [0.2, 0.25) is 0 Å². The molecular formula is C21H20F3N3O4. The Balaban J connectivity index is 1.50. The van der Waals surface area contributed by atoms with Crippen molar-refractivity contribution in [3.05, 3.63) is 42.1 Å². The Hall–Kier alpha value is -3.30. The molecule has 0 spiro atoms. The number of halogens is 3. The van der Waals surface area contributed by atoms with Gasteiger partial charge in [-0.1, -0.05) is 0 Å². The number of likely N-dealkylation sites (tertiary alicyclic amines) is 1. The lowest BCUT2D eigenvalue weighted by atomic mass is 10.2. The van der Waals surface area contributed by atoms with E-state index in [2.05, 4.69) is 10.3 Å². The van der Waals surface area contributed by atoms with E-state index in [1.165, 1.54) is 13.2 Å². The van der Waals surface area contributed by atoms with Crippen molar-refractivity contribution < 1.29 is 32.2 Å². The van der Waals surface area contributed by atoms with E-state index in [-0.39, 0.29) is 29.5 Å². The highest BCUT2D eigenvalue weighted by atomic mass is 19.4. The van der Waals surface area contributed by atoms with Gasteiger partial charge in [0.25, 0.3) is 0 Å². The number of anilines is 1. The van der Waals surface area contributed by atoms with Crippen LogP contribution in [-0.4, -0.2) is 40.9 Å². The van der Waals surface area contributed by atoms with Gasteiger partial charge >= 0.3 is 6.18 Å². The number of hydrogen-bond donors (Lipinski definition) is 1. The van der Waals surface area contributed by atoms with Crippen LogP contribution in [0.3, 0.4) is 0 Å². The third-order valence-corrected chi connectivity index (χ3v) is 5.21. The summed E-state index contributed by atoms with van der Waals surface area (Å²) < 4.78 is 48.8. The molecule has 4 rings (SSSR count). The molecule has 1 N–H and O–H groups in total. The van der Waals surface area contributed by atoms with E-state index in [1.807, 2.05) is 0 Å². The van der Waals surface area contributed by atoms with Crippen molar-refractivity contribution in [1.82, 2.24) is 9.88 Å². The lowest BCUT2D eigenvalue weighted by Crippen LogP contribution is -2.42. The first-order chi connectivity index (χ1) is 14.8. The van der Waals surface area contributed by atoms with E-state index in [0.717, 1.165) is 25.0 Å². The Morgan fingerprint density at radius 1 is 1.19 bits per heavy atom. The number of carbonyl (C=O) groups is 2. The van der Waals surface area contributed by atoms with Gasteiger partial charge in [0.2, 0.25) is 17.7 Å². The molecule has 164 valence electrons. The van der Waals surface area contributed by atoms with E-state index in [9.17, 15) is 22.8 Å². The van der Waals surface area contributed by atoms with Crippen molar-refractivity contribution in [2.75, 3.05) is 12.4 Å². The molecule has 7 nitrogen and oxygen atoms in total. The fourth-order valence-electron chi connectivity index (χ4n) is 3.56. The standard InChI is InChI=1S/C21H20F3N3O4/c1-30-17-7-5-14(31-18-8-2-12(11-25-18)21(22,23)24)10-15(17)26-20(29)16-6-9-19(28)27(16)13-3-4-13/h2,5,7-8,10-11,13,16H,3-4,6,9H2,1H3,(H,26,29)/t16-/m0/s1. The van der Waals surface area contributed by atoms with Gasteiger partial charge in [-0.25, -0.2) is 4.98 Å². The van der Waals surface area contributed by atoms with Gasteiger partial charge in [0.1, 0.15) is 17.5 Å². The zero-order valence-electron chi connectivity index (χ0n) is 16.6. The highest BCUT2D eigenvalue weighted by Crippen LogP contribution is 2.36. The minimum absolute atomic E-state index is 0.0138. The van der Waals surface area contributed by atoms with E-state index in [0.29, 0.717) is 30.5 Å². The van der Waals surface area contributed by atoms with Gasteiger partial charge in [0.15, 0.2) is 0 Å². The van der Waals surface area contributed by atoms with Crippen molar-refractivity contribution in [3.63, 3.8) is 0 Å². The average molecular weight is 435 g/mol. The molecule has 2 fully saturated rings. The van der Waals surface area contributed by atoms with Crippen LogP contribution in [0.1, 0.15) is 31.2 Å². The molecule has 0 bridgehead atoms.